The lowest BCUT2D eigenvalue weighted by molar-refractivity contribution is 0.788. The van der Waals surface area contributed by atoms with E-state index in [-0.39, 0.29) is 0 Å². The third-order valence-electron chi connectivity index (χ3n) is 11.9. The van der Waals surface area contributed by atoms with Gasteiger partial charge in [0.2, 0.25) is 0 Å². The van der Waals surface area contributed by atoms with Crippen molar-refractivity contribution in [3.8, 4) is 34.7 Å². The molecule has 2 aromatic heterocycles. The number of pyridine rings is 2. The van der Waals surface area contributed by atoms with Gasteiger partial charge < -0.3 is 9.80 Å². The number of anilines is 6. The molecule has 0 amide bonds. The fourth-order valence-electron chi connectivity index (χ4n) is 8.97. The Morgan fingerprint density at radius 2 is 0.695 bits per heavy atom. The first-order valence-electron chi connectivity index (χ1n) is 19.7. The predicted octanol–water partition coefficient (Wildman–Crippen LogP) is 12.7. The number of hydrogen-bond donors (Lipinski definition) is 0. The summed E-state index contributed by atoms with van der Waals surface area (Å²) in [6.07, 6.45) is 3.25. The Bertz CT molecular complexity index is 2740. The van der Waals surface area contributed by atoms with E-state index in [4.69, 9.17) is 9.97 Å². The summed E-state index contributed by atoms with van der Waals surface area (Å²) in [4.78, 5) is 14.5. The highest BCUT2D eigenvalue weighted by molar-refractivity contribution is 5.96. The van der Waals surface area contributed by atoms with Crippen molar-refractivity contribution >= 4 is 34.1 Å². The van der Waals surface area contributed by atoms with Crippen LogP contribution in [0.4, 0.5) is 34.1 Å². The van der Waals surface area contributed by atoms with Crippen molar-refractivity contribution in [2.45, 2.75) is 33.1 Å². The molecular formula is C53H38N6. The molecule has 59 heavy (non-hydrogen) atoms. The van der Waals surface area contributed by atoms with Gasteiger partial charge in [0, 0.05) is 57.6 Å². The SMILES string of the molecule is Cc1ccc(N(c2ccc(C)cc2)c2ccc3c(c2)C2(c4cc(N(c5ccc(C)cc5)c5ccc(C)cc5)ccc4-3)c3cc(C#N)cnc3-c3ncc(C#N)cc32)cc1. The minimum atomic E-state index is -0.959. The van der Waals surface area contributed by atoms with E-state index in [2.05, 4.69) is 183 Å². The Labute approximate surface area is 344 Å². The van der Waals surface area contributed by atoms with Gasteiger partial charge in [-0.3, -0.25) is 9.97 Å². The van der Waals surface area contributed by atoms with Gasteiger partial charge in [0.1, 0.15) is 12.1 Å². The number of rotatable bonds is 6. The highest BCUT2D eigenvalue weighted by Gasteiger charge is 2.54. The first-order chi connectivity index (χ1) is 28.8. The van der Waals surface area contributed by atoms with E-state index in [0.29, 0.717) is 22.5 Å². The Kier molecular flexibility index (Phi) is 8.26. The van der Waals surface area contributed by atoms with Crippen LogP contribution >= 0.6 is 0 Å². The molecule has 2 heterocycles. The van der Waals surface area contributed by atoms with Crippen LogP contribution in [0, 0.1) is 50.4 Å². The summed E-state index contributed by atoms with van der Waals surface area (Å²) in [5.74, 6) is 0. The summed E-state index contributed by atoms with van der Waals surface area (Å²) in [5, 5.41) is 20.7. The Morgan fingerprint density at radius 3 is 1.00 bits per heavy atom. The molecule has 10 rings (SSSR count). The smallest absolute Gasteiger partial charge is 0.101 e. The molecule has 2 aliphatic carbocycles. The number of aryl methyl sites for hydroxylation is 4. The monoisotopic (exact) mass is 758 g/mol. The van der Waals surface area contributed by atoms with Crippen molar-refractivity contribution in [2.24, 2.45) is 0 Å². The summed E-state index contributed by atoms with van der Waals surface area (Å²) in [7, 11) is 0. The highest BCUT2D eigenvalue weighted by atomic mass is 15.1. The van der Waals surface area contributed by atoms with Crippen molar-refractivity contribution in [1.82, 2.24) is 9.97 Å². The third kappa shape index (κ3) is 5.61. The molecule has 6 aromatic carbocycles. The minimum absolute atomic E-state index is 0.459. The van der Waals surface area contributed by atoms with Gasteiger partial charge in [-0.05, 0) is 135 Å². The molecule has 8 aromatic rings. The summed E-state index contributed by atoms with van der Waals surface area (Å²) >= 11 is 0. The van der Waals surface area contributed by atoms with E-state index >= 15 is 0 Å². The average Bonchev–Trinajstić information content (AvgIpc) is 3.72. The van der Waals surface area contributed by atoms with Crippen LogP contribution in [-0.2, 0) is 5.41 Å². The molecule has 6 nitrogen and oxygen atoms in total. The maximum absolute atomic E-state index is 10.3. The van der Waals surface area contributed by atoms with E-state index in [9.17, 15) is 10.5 Å². The van der Waals surface area contributed by atoms with E-state index in [1.807, 2.05) is 12.1 Å². The normalized spacial score (nSPS) is 12.5. The molecule has 0 bridgehead atoms. The molecule has 0 N–H and O–H groups in total. The van der Waals surface area contributed by atoms with Gasteiger partial charge in [-0.2, -0.15) is 10.5 Å². The molecule has 0 atom stereocenters. The van der Waals surface area contributed by atoms with Crippen molar-refractivity contribution in [1.29, 1.82) is 10.5 Å². The first kappa shape index (κ1) is 35.6. The molecule has 280 valence electrons. The first-order valence-corrected chi connectivity index (χ1v) is 19.7. The lowest BCUT2D eigenvalue weighted by Crippen LogP contribution is -2.27. The maximum atomic E-state index is 10.3. The Hall–Kier alpha value is -7.80. The molecular weight excluding hydrogens is 721 g/mol. The molecule has 2 aliphatic rings. The van der Waals surface area contributed by atoms with Crippen LogP contribution < -0.4 is 9.80 Å². The molecule has 0 aliphatic heterocycles. The minimum Gasteiger partial charge on any atom is -0.310 e. The standard InChI is InChI=1S/C53H38N6/c1-33-5-13-39(14-6-33)58(40-15-7-34(2)8-16-40)43-21-23-45-46-24-22-44(59(41-17-9-35(3)10-18-41)42-19-11-36(4)12-20-42)28-48(46)53(47(45)27-43)49-25-37(29-54)31-56-51(49)52-50(53)26-38(30-55)32-57-52/h5-28,31-32H,1-4H3. The van der Waals surface area contributed by atoms with Crippen molar-refractivity contribution in [2.75, 3.05) is 9.80 Å². The number of nitrogens with zero attached hydrogens (tertiary/aromatic N) is 6. The zero-order valence-corrected chi connectivity index (χ0v) is 33.2. The summed E-state index contributed by atoms with van der Waals surface area (Å²) in [6, 6.07) is 56.6. The van der Waals surface area contributed by atoms with E-state index in [0.717, 1.165) is 67.5 Å². The van der Waals surface area contributed by atoms with Crippen LogP contribution in [0.3, 0.4) is 0 Å². The third-order valence-corrected chi connectivity index (χ3v) is 11.9. The molecule has 0 fully saturated rings. The molecule has 0 saturated carbocycles. The second kappa shape index (κ2) is 13.7. The average molecular weight is 759 g/mol. The van der Waals surface area contributed by atoms with Gasteiger partial charge in [-0.1, -0.05) is 82.9 Å². The van der Waals surface area contributed by atoms with E-state index in [1.165, 1.54) is 22.3 Å². The van der Waals surface area contributed by atoms with E-state index in [1.54, 1.807) is 12.4 Å². The fourth-order valence-corrected chi connectivity index (χ4v) is 8.97. The summed E-state index contributed by atoms with van der Waals surface area (Å²) in [6.45, 7) is 8.41. The van der Waals surface area contributed by atoms with Crippen LogP contribution in [0.1, 0.15) is 55.6 Å². The lowest BCUT2D eigenvalue weighted by Gasteiger charge is -2.33. The Balaban J connectivity index is 1.29. The summed E-state index contributed by atoms with van der Waals surface area (Å²) < 4.78 is 0. The molecule has 0 unspecified atom stereocenters. The van der Waals surface area contributed by atoms with Gasteiger partial charge in [0.15, 0.2) is 0 Å². The number of aromatic nitrogens is 2. The zero-order valence-electron chi connectivity index (χ0n) is 33.2. The highest BCUT2D eigenvalue weighted by Crippen LogP contribution is 2.63. The van der Waals surface area contributed by atoms with Crippen LogP contribution in [0.15, 0.2) is 158 Å². The van der Waals surface area contributed by atoms with Gasteiger partial charge in [-0.25, -0.2) is 0 Å². The number of hydrogen-bond acceptors (Lipinski definition) is 6. The largest absolute Gasteiger partial charge is 0.310 e. The van der Waals surface area contributed by atoms with Crippen molar-refractivity contribution < 1.29 is 0 Å². The van der Waals surface area contributed by atoms with Crippen LogP contribution in [0.25, 0.3) is 22.5 Å². The number of fused-ring (bicyclic) bond motifs is 10. The molecule has 1 spiro atoms. The van der Waals surface area contributed by atoms with E-state index < -0.39 is 5.41 Å². The zero-order chi connectivity index (χ0) is 40.4. The number of benzene rings is 6. The second-order valence-corrected chi connectivity index (χ2v) is 15.7. The lowest BCUT2D eigenvalue weighted by atomic mass is 9.70. The van der Waals surface area contributed by atoms with Crippen LogP contribution in [-0.4, -0.2) is 9.97 Å². The van der Waals surface area contributed by atoms with Crippen LogP contribution in [0.2, 0.25) is 0 Å². The van der Waals surface area contributed by atoms with Crippen molar-refractivity contribution in [3.05, 3.63) is 214 Å². The second-order valence-electron chi connectivity index (χ2n) is 15.7. The maximum Gasteiger partial charge on any atom is 0.101 e. The molecule has 0 saturated heterocycles. The molecule has 6 heteroatoms. The fraction of sp³-hybridized carbons (Fsp3) is 0.0943. The van der Waals surface area contributed by atoms with Gasteiger partial charge in [0.05, 0.1) is 27.9 Å². The number of nitriles is 2. The molecule has 0 radical (unpaired) electrons. The Morgan fingerprint density at radius 1 is 0.390 bits per heavy atom. The summed E-state index contributed by atoms with van der Waals surface area (Å²) in [5.41, 5.74) is 18.2. The van der Waals surface area contributed by atoms with Crippen molar-refractivity contribution in [3.63, 3.8) is 0 Å². The quantitative estimate of drug-likeness (QED) is 0.168. The van der Waals surface area contributed by atoms with Gasteiger partial charge in [-0.15, -0.1) is 0 Å². The van der Waals surface area contributed by atoms with Crippen LogP contribution in [0.5, 0.6) is 0 Å². The van der Waals surface area contributed by atoms with Gasteiger partial charge >= 0.3 is 0 Å². The van der Waals surface area contributed by atoms with Gasteiger partial charge in [0.25, 0.3) is 0 Å². The topological polar surface area (TPSA) is 79.8 Å². The predicted molar refractivity (Wildman–Crippen MR) is 236 cm³/mol.